The van der Waals surface area contributed by atoms with Gasteiger partial charge in [-0.25, -0.2) is 4.98 Å². The Morgan fingerprint density at radius 2 is 1.73 bits per heavy atom. The Morgan fingerprint density at radius 1 is 1.03 bits per heavy atom. The predicted molar refractivity (Wildman–Crippen MR) is 114 cm³/mol. The first-order chi connectivity index (χ1) is 14.7. The highest BCUT2D eigenvalue weighted by atomic mass is 16.5. The lowest BCUT2D eigenvalue weighted by molar-refractivity contribution is -0.116. The third-order valence-electron chi connectivity index (χ3n) is 5.74. The van der Waals surface area contributed by atoms with Gasteiger partial charge in [-0.2, -0.15) is 5.26 Å². The van der Waals surface area contributed by atoms with Crippen LogP contribution < -0.4 is 10.5 Å². The Bertz CT molecular complexity index is 1220. The second-order valence-corrected chi connectivity index (χ2v) is 7.51. The van der Waals surface area contributed by atoms with Crippen LogP contribution in [-0.4, -0.2) is 10.8 Å². The van der Waals surface area contributed by atoms with Crippen LogP contribution in [0.1, 0.15) is 41.9 Å². The molecule has 1 unspecified atom stereocenters. The van der Waals surface area contributed by atoms with Gasteiger partial charge in [0.15, 0.2) is 5.78 Å². The van der Waals surface area contributed by atoms with Crippen LogP contribution in [0.15, 0.2) is 72.0 Å². The molecule has 2 heterocycles. The van der Waals surface area contributed by atoms with Crippen LogP contribution in [0.5, 0.6) is 5.88 Å². The molecule has 2 N–H and O–H groups in total. The van der Waals surface area contributed by atoms with Gasteiger partial charge in [-0.3, -0.25) is 4.79 Å². The third kappa shape index (κ3) is 2.77. The number of carbonyl (C=O) groups is 1. The van der Waals surface area contributed by atoms with Crippen molar-refractivity contribution in [3.8, 4) is 23.2 Å². The summed E-state index contributed by atoms with van der Waals surface area (Å²) in [7, 11) is 0. The van der Waals surface area contributed by atoms with Gasteiger partial charge in [0.2, 0.25) is 5.88 Å². The van der Waals surface area contributed by atoms with E-state index in [4.69, 9.17) is 15.5 Å². The second-order valence-electron chi connectivity index (χ2n) is 7.51. The summed E-state index contributed by atoms with van der Waals surface area (Å²) in [6, 6.07) is 21.4. The number of ketones is 1. The lowest BCUT2D eigenvalue weighted by Crippen LogP contribution is -2.27. The third-order valence-corrected chi connectivity index (χ3v) is 5.74. The molecule has 0 bridgehead atoms. The SMILES string of the molecule is N#Cc1c(-c2ccccc2)nc2c(c1N)C(c1ccccc1)C1=C(CCCC1=O)O2. The highest BCUT2D eigenvalue weighted by molar-refractivity contribution is 6.00. The summed E-state index contributed by atoms with van der Waals surface area (Å²) in [5, 5.41) is 9.91. The van der Waals surface area contributed by atoms with Crippen molar-refractivity contribution in [3.63, 3.8) is 0 Å². The number of hydrogen-bond donors (Lipinski definition) is 1. The van der Waals surface area contributed by atoms with Crippen molar-refractivity contribution in [1.82, 2.24) is 4.98 Å². The molecule has 146 valence electrons. The number of pyridine rings is 1. The van der Waals surface area contributed by atoms with Crippen LogP contribution in [-0.2, 0) is 4.79 Å². The number of nitriles is 1. The molecule has 0 saturated heterocycles. The molecule has 1 aliphatic heterocycles. The molecule has 3 aromatic rings. The van der Waals surface area contributed by atoms with E-state index >= 15 is 0 Å². The maximum Gasteiger partial charge on any atom is 0.225 e. The molecule has 0 saturated carbocycles. The first-order valence-electron chi connectivity index (χ1n) is 9.97. The molecule has 0 fully saturated rings. The number of benzene rings is 2. The van der Waals surface area contributed by atoms with Crippen LogP contribution in [0.4, 0.5) is 5.69 Å². The highest BCUT2D eigenvalue weighted by Crippen LogP contribution is 2.49. The van der Waals surface area contributed by atoms with E-state index in [1.54, 1.807) is 0 Å². The van der Waals surface area contributed by atoms with Gasteiger partial charge < -0.3 is 10.5 Å². The summed E-state index contributed by atoms with van der Waals surface area (Å²) < 4.78 is 6.16. The number of aromatic nitrogens is 1. The molecule has 5 nitrogen and oxygen atoms in total. The Kier molecular flexibility index (Phi) is 4.33. The first-order valence-corrected chi connectivity index (χ1v) is 9.97. The minimum absolute atomic E-state index is 0.0702. The molecule has 0 amide bonds. The Labute approximate surface area is 174 Å². The van der Waals surface area contributed by atoms with Gasteiger partial charge in [-0.05, 0) is 12.0 Å². The number of nitrogens with zero attached hydrogens (tertiary/aromatic N) is 2. The maximum absolute atomic E-state index is 12.9. The molecule has 5 heteroatoms. The summed E-state index contributed by atoms with van der Waals surface area (Å²) in [6.07, 6.45) is 1.93. The number of Topliss-reactive ketones (excluding diaryl/α,β-unsaturated/α-hetero) is 1. The van der Waals surface area contributed by atoms with E-state index in [0.29, 0.717) is 52.6 Å². The quantitative estimate of drug-likeness (QED) is 0.680. The second kappa shape index (κ2) is 7.16. The normalized spacial score (nSPS) is 17.6. The Hall–Kier alpha value is -3.91. The summed E-state index contributed by atoms with van der Waals surface area (Å²) in [5.74, 6) is 0.735. The molecule has 30 heavy (non-hydrogen) atoms. The van der Waals surface area contributed by atoms with Crippen molar-refractivity contribution in [3.05, 3.63) is 88.7 Å². The van der Waals surface area contributed by atoms with E-state index in [1.165, 1.54) is 0 Å². The number of allylic oxidation sites excluding steroid dienone is 2. The highest BCUT2D eigenvalue weighted by Gasteiger charge is 2.39. The van der Waals surface area contributed by atoms with Crippen molar-refractivity contribution in [2.75, 3.05) is 5.73 Å². The number of fused-ring (bicyclic) bond motifs is 1. The van der Waals surface area contributed by atoms with E-state index in [2.05, 4.69) is 6.07 Å². The molecule has 2 aliphatic rings. The molecular weight excluding hydrogens is 374 g/mol. The van der Waals surface area contributed by atoms with Crippen LogP contribution in [0.2, 0.25) is 0 Å². The summed E-state index contributed by atoms with van der Waals surface area (Å²) in [6.45, 7) is 0. The van der Waals surface area contributed by atoms with Gasteiger partial charge in [0.1, 0.15) is 17.4 Å². The number of ether oxygens (including phenoxy) is 1. The van der Waals surface area contributed by atoms with Crippen molar-refractivity contribution < 1.29 is 9.53 Å². The van der Waals surface area contributed by atoms with E-state index in [-0.39, 0.29) is 11.7 Å². The topological polar surface area (TPSA) is 89.0 Å². The zero-order chi connectivity index (χ0) is 20.7. The zero-order valence-corrected chi connectivity index (χ0v) is 16.3. The van der Waals surface area contributed by atoms with Crippen molar-refractivity contribution in [2.24, 2.45) is 0 Å². The van der Waals surface area contributed by atoms with Crippen LogP contribution in [0.3, 0.4) is 0 Å². The van der Waals surface area contributed by atoms with E-state index in [9.17, 15) is 10.1 Å². The van der Waals surface area contributed by atoms with Gasteiger partial charge in [-0.15, -0.1) is 0 Å². The largest absolute Gasteiger partial charge is 0.443 e. The number of carbonyl (C=O) groups excluding carboxylic acids is 1. The standard InChI is InChI=1S/C25H19N3O2/c26-14-17-23(27)22-20(15-8-3-1-4-9-15)21-18(29)12-7-13-19(21)30-25(22)28-24(17)16-10-5-2-6-11-16/h1-6,8-11,20H,7,12-13H2,(H2,27,28). The summed E-state index contributed by atoms with van der Waals surface area (Å²) in [4.78, 5) is 17.6. The fraction of sp³-hybridized carbons (Fsp3) is 0.160. The lowest BCUT2D eigenvalue weighted by Gasteiger charge is -2.33. The number of nitrogens with two attached hydrogens (primary N) is 1. The van der Waals surface area contributed by atoms with Gasteiger partial charge in [-0.1, -0.05) is 60.7 Å². The number of rotatable bonds is 2. The molecular formula is C25H19N3O2. The van der Waals surface area contributed by atoms with Crippen molar-refractivity contribution >= 4 is 11.5 Å². The van der Waals surface area contributed by atoms with Gasteiger partial charge in [0.25, 0.3) is 0 Å². The molecule has 2 aromatic carbocycles. The molecule has 1 aliphatic carbocycles. The molecule has 5 rings (SSSR count). The van der Waals surface area contributed by atoms with E-state index < -0.39 is 0 Å². The zero-order valence-electron chi connectivity index (χ0n) is 16.3. The van der Waals surface area contributed by atoms with E-state index in [1.807, 2.05) is 60.7 Å². The summed E-state index contributed by atoms with van der Waals surface area (Å²) in [5.41, 5.74) is 10.7. The van der Waals surface area contributed by atoms with E-state index in [0.717, 1.165) is 17.5 Å². The number of anilines is 1. The van der Waals surface area contributed by atoms with Crippen LogP contribution in [0, 0.1) is 11.3 Å². The average molecular weight is 393 g/mol. The summed E-state index contributed by atoms with van der Waals surface area (Å²) >= 11 is 0. The monoisotopic (exact) mass is 393 g/mol. The molecule has 1 aromatic heterocycles. The van der Waals surface area contributed by atoms with Gasteiger partial charge in [0, 0.05) is 29.9 Å². The molecule has 1 atom stereocenters. The first kappa shape index (κ1) is 18.1. The maximum atomic E-state index is 12.9. The number of hydrogen-bond acceptors (Lipinski definition) is 5. The Balaban J connectivity index is 1.80. The van der Waals surface area contributed by atoms with Gasteiger partial charge >= 0.3 is 0 Å². The minimum atomic E-state index is -0.387. The minimum Gasteiger partial charge on any atom is -0.443 e. The fourth-order valence-electron chi connectivity index (χ4n) is 4.37. The lowest BCUT2D eigenvalue weighted by atomic mass is 9.76. The van der Waals surface area contributed by atoms with Gasteiger partial charge in [0.05, 0.1) is 16.9 Å². The van der Waals surface area contributed by atoms with Crippen LogP contribution in [0.25, 0.3) is 11.3 Å². The molecule has 0 radical (unpaired) electrons. The smallest absolute Gasteiger partial charge is 0.225 e. The number of nitrogen functional groups attached to an aromatic ring is 1. The van der Waals surface area contributed by atoms with Crippen molar-refractivity contribution in [2.45, 2.75) is 25.2 Å². The van der Waals surface area contributed by atoms with Crippen molar-refractivity contribution in [1.29, 1.82) is 5.26 Å². The molecule has 0 spiro atoms. The van der Waals surface area contributed by atoms with Crippen LogP contribution >= 0.6 is 0 Å². The Morgan fingerprint density at radius 3 is 2.43 bits per heavy atom. The fourth-order valence-corrected chi connectivity index (χ4v) is 4.37. The average Bonchev–Trinajstić information content (AvgIpc) is 2.79. The predicted octanol–water partition coefficient (Wildman–Crippen LogP) is 4.73.